The van der Waals surface area contributed by atoms with E-state index in [2.05, 4.69) is 5.32 Å². The molecule has 0 aromatic heterocycles. The number of rotatable bonds is 6. The van der Waals surface area contributed by atoms with Crippen LogP contribution in [0.5, 0.6) is 5.75 Å². The highest BCUT2D eigenvalue weighted by atomic mass is 16.6. The van der Waals surface area contributed by atoms with E-state index in [4.69, 9.17) is 9.47 Å². The normalized spacial score (nSPS) is 11.4. The van der Waals surface area contributed by atoms with Crippen LogP contribution in [-0.4, -0.2) is 18.3 Å². The van der Waals surface area contributed by atoms with Crippen molar-refractivity contribution < 1.29 is 14.3 Å². The number of carbonyl (C=O) groups excluding carboxylic acids is 1. The third-order valence-electron chi connectivity index (χ3n) is 3.46. The van der Waals surface area contributed by atoms with Crippen LogP contribution in [0.1, 0.15) is 44.4 Å². The molecule has 0 unspecified atom stereocenters. The average molecular weight is 345 g/mol. The molecule has 25 heavy (non-hydrogen) atoms. The summed E-state index contributed by atoms with van der Waals surface area (Å²) < 4.78 is 10.4. The fraction of sp³-hybridized carbons (Fsp3) is 0.421. The van der Waals surface area contributed by atoms with E-state index in [-0.39, 0.29) is 5.75 Å². The van der Waals surface area contributed by atoms with Crippen molar-refractivity contribution in [2.45, 2.75) is 46.3 Å². The Kier molecular flexibility index (Phi) is 5.62. The summed E-state index contributed by atoms with van der Waals surface area (Å²) in [6.07, 6.45) is -0.154. The van der Waals surface area contributed by atoms with Gasteiger partial charge in [0.25, 0.3) is 5.43 Å². The number of carbonyl (C=O) groups is 1. The van der Waals surface area contributed by atoms with Gasteiger partial charge in [0.1, 0.15) is 5.60 Å². The maximum absolute atomic E-state index is 11.7. The zero-order valence-corrected chi connectivity index (χ0v) is 15.0. The second-order valence-corrected chi connectivity index (χ2v) is 6.75. The summed E-state index contributed by atoms with van der Waals surface area (Å²) in [6, 6.07) is 7.45. The van der Waals surface area contributed by atoms with Crippen LogP contribution in [0.25, 0.3) is 0 Å². The van der Waals surface area contributed by atoms with Crippen molar-refractivity contribution in [3.05, 3.63) is 61.4 Å². The molecule has 2 aromatic carbocycles. The minimum absolute atomic E-state index is 0.171. The maximum atomic E-state index is 11.7. The molecule has 0 aliphatic heterocycles. The molecule has 2 aromatic rings. The molecule has 6 heteroatoms. The molecule has 6 nitrogen and oxygen atoms in total. The summed E-state index contributed by atoms with van der Waals surface area (Å²) in [6.45, 7) is 7.82. The number of alkyl carbamates (subject to hydrolysis) is 1. The molecule has 0 aliphatic carbocycles. The Morgan fingerprint density at radius 3 is 2.44 bits per heavy atom. The minimum Gasteiger partial charge on any atom is -0.489 e. The molecule has 134 valence electrons. The van der Waals surface area contributed by atoms with E-state index in [1.165, 1.54) is 0 Å². The van der Waals surface area contributed by atoms with Gasteiger partial charge < -0.3 is 14.8 Å². The third kappa shape index (κ3) is 4.92. The van der Waals surface area contributed by atoms with E-state index in [1.807, 2.05) is 24.3 Å². The molecule has 2 rings (SSSR count). The highest BCUT2D eigenvalue weighted by Gasteiger charge is 2.22. The largest absolute Gasteiger partial charge is 0.489 e. The lowest BCUT2D eigenvalue weighted by Crippen LogP contribution is -2.37. The zero-order valence-electron chi connectivity index (χ0n) is 15.0. The summed E-state index contributed by atoms with van der Waals surface area (Å²) in [5.41, 5.74) is 0.562. The first-order valence-electron chi connectivity index (χ1n) is 8.21. The topological polar surface area (TPSA) is 81.7 Å². The number of ether oxygens (including phenoxy) is 2. The Balaban J connectivity index is 2.02. The van der Waals surface area contributed by atoms with Crippen LogP contribution < -0.4 is 20.9 Å². The lowest BCUT2D eigenvalue weighted by molar-refractivity contribution is 0.0523. The summed E-state index contributed by atoms with van der Waals surface area (Å²) in [5.74, 6) is 0.171. The van der Waals surface area contributed by atoms with Crippen LogP contribution in [0.3, 0.4) is 0 Å². The van der Waals surface area contributed by atoms with Gasteiger partial charge in [0.2, 0.25) is 5.43 Å². The Hall–Kier alpha value is -2.63. The first kappa shape index (κ1) is 18.7. The van der Waals surface area contributed by atoms with Crippen LogP contribution in [-0.2, 0) is 17.7 Å². The van der Waals surface area contributed by atoms with E-state index in [9.17, 15) is 14.4 Å². The van der Waals surface area contributed by atoms with Gasteiger partial charge >= 0.3 is 6.09 Å². The van der Waals surface area contributed by atoms with Crippen molar-refractivity contribution in [3.63, 3.8) is 0 Å². The molecule has 0 bridgehead atoms. The van der Waals surface area contributed by atoms with Gasteiger partial charge in [-0.1, -0.05) is 24.3 Å². The summed E-state index contributed by atoms with van der Waals surface area (Å²) in [4.78, 5) is 34.9. The second kappa shape index (κ2) is 7.51. The Bertz CT molecular complexity index is 825. The van der Waals surface area contributed by atoms with E-state index < -0.39 is 22.6 Å². The lowest BCUT2D eigenvalue weighted by Gasteiger charge is -2.19. The van der Waals surface area contributed by atoms with Crippen molar-refractivity contribution in [1.29, 1.82) is 0 Å². The van der Waals surface area contributed by atoms with E-state index in [1.54, 1.807) is 27.7 Å². The molecular weight excluding hydrogens is 322 g/mol. The Morgan fingerprint density at radius 2 is 1.80 bits per heavy atom. The fourth-order valence-corrected chi connectivity index (χ4v) is 2.42. The molecule has 0 radical (unpaired) electrons. The highest BCUT2D eigenvalue weighted by Crippen LogP contribution is 2.17. The molecule has 0 saturated carbocycles. The predicted octanol–water partition coefficient (Wildman–Crippen LogP) is 2.30. The SMILES string of the molecule is CCOc1c(Cc2cccc(CNC(=O)OC(C)(C)C)c2)c(=O)c1=O. The van der Waals surface area contributed by atoms with Crippen molar-refractivity contribution in [1.82, 2.24) is 5.32 Å². The van der Waals surface area contributed by atoms with Crippen LogP contribution in [0.15, 0.2) is 33.9 Å². The quantitative estimate of drug-likeness (QED) is 0.813. The molecular formula is C19H23NO5. The third-order valence-corrected chi connectivity index (χ3v) is 3.46. The lowest BCUT2D eigenvalue weighted by atomic mass is 9.98. The molecule has 0 fully saturated rings. The number of hydrogen-bond donors (Lipinski definition) is 1. The molecule has 0 heterocycles. The van der Waals surface area contributed by atoms with Crippen molar-refractivity contribution in [2.75, 3.05) is 6.61 Å². The average Bonchev–Trinajstić information content (AvgIpc) is 2.54. The van der Waals surface area contributed by atoms with Crippen molar-refractivity contribution in [3.8, 4) is 5.75 Å². The van der Waals surface area contributed by atoms with Crippen LogP contribution in [0, 0.1) is 0 Å². The number of nitrogens with one attached hydrogen (secondary N) is 1. The minimum atomic E-state index is -0.556. The number of benzene rings is 1. The molecule has 0 saturated heterocycles. The smallest absolute Gasteiger partial charge is 0.407 e. The van der Waals surface area contributed by atoms with Gasteiger partial charge in [0.05, 0.1) is 12.2 Å². The molecule has 1 N–H and O–H groups in total. The van der Waals surface area contributed by atoms with Crippen LogP contribution >= 0.6 is 0 Å². The summed E-state index contributed by atoms with van der Waals surface area (Å²) in [5, 5.41) is 2.69. The fourth-order valence-electron chi connectivity index (χ4n) is 2.42. The molecule has 0 atom stereocenters. The maximum Gasteiger partial charge on any atom is 0.407 e. The van der Waals surface area contributed by atoms with Gasteiger partial charge in [-0.25, -0.2) is 4.79 Å². The van der Waals surface area contributed by atoms with Crippen molar-refractivity contribution >= 4 is 6.09 Å². The van der Waals surface area contributed by atoms with Crippen LogP contribution in [0.2, 0.25) is 0 Å². The van der Waals surface area contributed by atoms with Crippen LogP contribution in [0.4, 0.5) is 4.79 Å². The first-order valence-corrected chi connectivity index (χ1v) is 8.21. The molecule has 0 aliphatic rings. The monoisotopic (exact) mass is 345 g/mol. The Labute approximate surface area is 146 Å². The molecule has 1 amide bonds. The Morgan fingerprint density at radius 1 is 1.12 bits per heavy atom. The van der Waals surface area contributed by atoms with Crippen molar-refractivity contribution in [2.24, 2.45) is 0 Å². The van der Waals surface area contributed by atoms with Gasteiger partial charge in [0, 0.05) is 13.0 Å². The summed E-state index contributed by atoms with van der Waals surface area (Å²) in [7, 11) is 0. The van der Waals surface area contributed by atoms with Gasteiger partial charge in [-0.3, -0.25) is 9.59 Å². The summed E-state index contributed by atoms with van der Waals surface area (Å²) >= 11 is 0. The van der Waals surface area contributed by atoms with E-state index >= 15 is 0 Å². The second-order valence-electron chi connectivity index (χ2n) is 6.75. The van der Waals surface area contributed by atoms with Gasteiger partial charge in [-0.2, -0.15) is 0 Å². The van der Waals surface area contributed by atoms with Gasteiger partial charge in [-0.05, 0) is 38.8 Å². The number of hydrogen-bond acceptors (Lipinski definition) is 5. The zero-order chi connectivity index (χ0) is 18.6. The van der Waals surface area contributed by atoms with E-state index in [0.29, 0.717) is 25.1 Å². The predicted molar refractivity (Wildman–Crippen MR) is 94.8 cm³/mol. The van der Waals surface area contributed by atoms with Gasteiger partial charge in [-0.15, -0.1) is 0 Å². The van der Waals surface area contributed by atoms with Gasteiger partial charge in [0.15, 0.2) is 5.75 Å². The first-order chi connectivity index (χ1) is 11.7. The highest BCUT2D eigenvalue weighted by molar-refractivity contribution is 5.67. The molecule has 0 spiro atoms. The van der Waals surface area contributed by atoms with E-state index in [0.717, 1.165) is 11.1 Å². The standard InChI is InChI=1S/C19H23NO5/c1-5-24-17-14(15(21)16(17)22)10-12-7-6-8-13(9-12)11-20-18(23)25-19(2,3)4/h6-9H,5,10-11H2,1-4H3,(H,20,23). The number of amides is 1.